The van der Waals surface area contributed by atoms with Crippen molar-refractivity contribution in [3.63, 3.8) is 0 Å². The minimum atomic E-state index is -4.52. The van der Waals surface area contributed by atoms with Crippen LogP contribution in [0.15, 0.2) is 66.9 Å². The molecular weight excluding hydrogens is 515 g/mol. The quantitative estimate of drug-likeness (QED) is 0.229. The zero-order valence-electron chi connectivity index (χ0n) is 22.4. The van der Waals surface area contributed by atoms with Gasteiger partial charge < -0.3 is 15.5 Å². The van der Waals surface area contributed by atoms with Crippen molar-refractivity contribution in [3.8, 4) is 11.1 Å². The van der Waals surface area contributed by atoms with E-state index in [1.54, 1.807) is 12.3 Å². The van der Waals surface area contributed by atoms with Crippen LogP contribution in [-0.2, 0) is 6.18 Å². The third-order valence-electron chi connectivity index (χ3n) is 7.31. The van der Waals surface area contributed by atoms with Crippen molar-refractivity contribution >= 4 is 28.4 Å². The van der Waals surface area contributed by atoms with Crippen LogP contribution in [-0.4, -0.2) is 47.0 Å². The zero-order chi connectivity index (χ0) is 28.1. The highest BCUT2D eigenvalue weighted by molar-refractivity contribution is 6.05. The molecule has 0 aliphatic carbocycles. The van der Waals surface area contributed by atoms with Crippen LogP contribution in [0.25, 0.3) is 22.0 Å². The van der Waals surface area contributed by atoms with E-state index in [1.807, 2.05) is 37.3 Å². The van der Waals surface area contributed by atoms with Gasteiger partial charge in [0.25, 0.3) is 5.91 Å². The molecule has 1 aromatic heterocycles. The Bertz CT molecular complexity index is 1500. The second kappa shape index (κ2) is 12.0. The van der Waals surface area contributed by atoms with Crippen molar-refractivity contribution < 1.29 is 18.0 Å². The fraction of sp³-hybridized carbons (Fsp3) is 0.323. The van der Waals surface area contributed by atoms with E-state index in [-0.39, 0.29) is 5.56 Å². The number of halogens is 3. The summed E-state index contributed by atoms with van der Waals surface area (Å²) in [5, 5.41) is 6.98. The first-order chi connectivity index (χ1) is 19.3. The standard InChI is InChI=1S/C31H32F3N5O/c1-21-26(10-6-11-27(21)37-29(40)23-8-5-9-25(19-23)31(32,33)34)22-12-13-28-24(18-22)20-36-30(38-28)35-14-7-17-39-15-3-2-4-16-39/h5-6,8-13,18-20H,2-4,7,14-17H2,1H3,(H,37,40)(H,35,36,38). The minimum absolute atomic E-state index is 0.0570. The maximum Gasteiger partial charge on any atom is 0.416 e. The number of carbonyl (C=O) groups is 1. The molecule has 4 aromatic rings. The number of rotatable bonds is 8. The number of amides is 1. The van der Waals surface area contributed by atoms with Gasteiger partial charge in [0.15, 0.2) is 0 Å². The molecule has 0 saturated carbocycles. The summed E-state index contributed by atoms with van der Waals surface area (Å²) < 4.78 is 39.3. The van der Waals surface area contributed by atoms with Crippen molar-refractivity contribution in [2.75, 3.05) is 36.8 Å². The number of hydrogen-bond donors (Lipinski definition) is 2. The van der Waals surface area contributed by atoms with Gasteiger partial charge in [-0.05, 0) is 98.9 Å². The number of fused-ring (bicyclic) bond motifs is 1. The lowest BCUT2D eigenvalue weighted by Gasteiger charge is -2.26. The van der Waals surface area contributed by atoms with Crippen LogP contribution < -0.4 is 10.6 Å². The number of likely N-dealkylation sites (tertiary alicyclic amines) is 1. The number of benzene rings is 3. The second-order valence-electron chi connectivity index (χ2n) is 10.2. The lowest BCUT2D eigenvalue weighted by Crippen LogP contribution is -2.31. The molecule has 0 bridgehead atoms. The molecule has 0 spiro atoms. The van der Waals surface area contributed by atoms with Crippen molar-refractivity contribution in [1.29, 1.82) is 0 Å². The van der Waals surface area contributed by atoms with Gasteiger partial charge in [0.05, 0.1) is 11.1 Å². The maximum atomic E-state index is 13.1. The fourth-order valence-electron chi connectivity index (χ4n) is 5.09. The number of aromatic nitrogens is 2. The Labute approximate surface area is 231 Å². The van der Waals surface area contributed by atoms with E-state index in [0.29, 0.717) is 11.6 Å². The van der Waals surface area contributed by atoms with Crippen molar-refractivity contribution in [2.45, 2.75) is 38.8 Å². The van der Waals surface area contributed by atoms with Crippen LogP contribution in [0.5, 0.6) is 0 Å². The van der Waals surface area contributed by atoms with Crippen molar-refractivity contribution in [3.05, 3.63) is 83.6 Å². The molecule has 0 radical (unpaired) electrons. The number of nitrogens with zero attached hydrogens (tertiary/aromatic N) is 3. The third kappa shape index (κ3) is 6.59. The maximum absolute atomic E-state index is 13.1. The largest absolute Gasteiger partial charge is 0.416 e. The number of hydrogen-bond acceptors (Lipinski definition) is 5. The lowest BCUT2D eigenvalue weighted by atomic mass is 9.98. The highest BCUT2D eigenvalue weighted by Crippen LogP contribution is 2.32. The Kier molecular flexibility index (Phi) is 8.30. The summed E-state index contributed by atoms with van der Waals surface area (Å²) >= 11 is 0. The predicted molar refractivity (Wildman–Crippen MR) is 153 cm³/mol. The molecule has 5 rings (SSSR count). The molecule has 6 nitrogen and oxygen atoms in total. The summed E-state index contributed by atoms with van der Waals surface area (Å²) in [4.78, 5) is 24.4. The van der Waals surface area contributed by atoms with Crippen LogP contribution in [0, 0.1) is 6.92 Å². The van der Waals surface area contributed by atoms with E-state index in [0.717, 1.165) is 59.2 Å². The van der Waals surface area contributed by atoms with Gasteiger partial charge in [0.2, 0.25) is 5.95 Å². The van der Waals surface area contributed by atoms with Crippen LogP contribution >= 0.6 is 0 Å². The Morgan fingerprint density at radius 2 is 1.80 bits per heavy atom. The number of carbonyl (C=O) groups excluding carboxylic acids is 1. The second-order valence-corrected chi connectivity index (χ2v) is 10.2. The zero-order valence-corrected chi connectivity index (χ0v) is 22.4. The highest BCUT2D eigenvalue weighted by atomic mass is 19.4. The SMILES string of the molecule is Cc1c(NC(=O)c2cccc(C(F)(F)F)c2)cccc1-c1ccc2nc(NCCCN3CCCCC3)ncc2c1. The molecule has 9 heteroatoms. The molecule has 1 amide bonds. The Morgan fingerprint density at radius 3 is 2.60 bits per heavy atom. The summed E-state index contributed by atoms with van der Waals surface area (Å²) in [6, 6.07) is 15.8. The molecule has 2 heterocycles. The molecule has 40 heavy (non-hydrogen) atoms. The summed E-state index contributed by atoms with van der Waals surface area (Å²) in [6.45, 7) is 6.16. The summed E-state index contributed by atoms with van der Waals surface area (Å²) in [6.07, 6.45) is 2.25. The molecule has 1 saturated heterocycles. The summed E-state index contributed by atoms with van der Waals surface area (Å²) in [7, 11) is 0. The first-order valence-electron chi connectivity index (χ1n) is 13.6. The Morgan fingerprint density at radius 1 is 1.00 bits per heavy atom. The van der Waals surface area contributed by atoms with E-state index in [2.05, 4.69) is 25.5 Å². The van der Waals surface area contributed by atoms with Crippen LogP contribution in [0.2, 0.25) is 0 Å². The first kappa shape index (κ1) is 27.6. The predicted octanol–water partition coefficient (Wildman–Crippen LogP) is 7.16. The molecular formula is C31H32F3N5O. The van der Waals surface area contributed by atoms with Crippen LogP contribution in [0.4, 0.5) is 24.8 Å². The van der Waals surface area contributed by atoms with Crippen LogP contribution in [0.3, 0.4) is 0 Å². The van der Waals surface area contributed by atoms with Gasteiger partial charge in [-0.2, -0.15) is 13.2 Å². The molecule has 3 aromatic carbocycles. The fourth-order valence-corrected chi connectivity index (χ4v) is 5.09. The van der Waals surface area contributed by atoms with E-state index in [9.17, 15) is 18.0 Å². The Balaban J connectivity index is 1.27. The van der Waals surface area contributed by atoms with Gasteiger partial charge in [0, 0.05) is 29.4 Å². The van der Waals surface area contributed by atoms with E-state index in [4.69, 9.17) is 0 Å². The summed E-state index contributed by atoms with van der Waals surface area (Å²) in [5.74, 6) is 0.00333. The van der Waals surface area contributed by atoms with Crippen LogP contribution in [0.1, 0.15) is 47.2 Å². The highest BCUT2D eigenvalue weighted by Gasteiger charge is 2.31. The first-order valence-corrected chi connectivity index (χ1v) is 13.6. The van der Waals surface area contributed by atoms with Gasteiger partial charge in [-0.25, -0.2) is 9.97 Å². The van der Waals surface area contributed by atoms with Gasteiger partial charge in [-0.3, -0.25) is 4.79 Å². The summed E-state index contributed by atoms with van der Waals surface area (Å²) in [5.41, 5.74) is 3.05. The van der Waals surface area contributed by atoms with Gasteiger partial charge in [-0.1, -0.05) is 30.7 Å². The molecule has 0 unspecified atom stereocenters. The molecule has 1 aliphatic rings. The topological polar surface area (TPSA) is 70.2 Å². The molecule has 208 valence electrons. The van der Waals surface area contributed by atoms with E-state index >= 15 is 0 Å². The monoisotopic (exact) mass is 547 g/mol. The number of piperidine rings is 1. The molecule has 1 aliphatic heterocycles. The molecule has 0 atom stereocenters. The average molecular weight is 548 g/mol. The van der Waals surface area contributed by atoms with Gasteiger partial charge >= 0.3 is 6.18 Å². The normalized spacial score (nSPS) is 14.3. The number of nitrogens with one attached hydrogen (secondary N) is 2. The lowest BCUT2D eigenvalue weighted by molar-refractivity contribution is -0.137. The average Bonchev–Trinajstić information content (AvgIpc) is 2.96. The molecule has 1 fully saturated rings. The number of alkyl halides is 3. The molecule has 2 N–H and O–H groups in total. The smallest absolute Gasteiger partial charge is 0.354 e. The third-order valence-corrected chi connectivity index (χ3v) is 7.31. The van der Waals surface area contributed by atoms with Crippen molar-refractivity contribution in [1.82, 2.24) is 14.9 Å². The van der Waals surface area contributed by atoms with E-state index < -0.39 is 17.6 Å². The minimum Gasteiger partial charge on any atom is -0.354 e. The Hall–Kier alpha value is -3.98. The van der Waals surface area contributed by atoms with Gasteiger partial charge in [-0.15, -0.1) is 0 Å². The van der Waals surface area contributed by atoms with Gasteiger partial charge in [0.1, 0.15) is 0 Å². The van der Waals surface area contributed by atoms with E-state index in [1.165, 1.54) is 44.5 Å². The van der Waals surface area contributed by atoms with Crippen molar-refractivity contribution in [2.24, 2.45) is 0 Å². The number of anilines is 2.